The average Bonchev–Trinajstić information content (AvgIpc) is 2.31. The van der Waals surface area contributed by atoms with Crippen LogP contribution in [0.1, 0.15) is 34.1 Å². The molecular weight excluding hydrogens is 288 g/mol. The minimum absolute atomic E-state index is 0.102. The first-order valence-corrected chi connectivity index (χ1v) is 9.84. The quantitative estimate of drug-likeness (QED) is 0.739. The number of likely N-dealkylation sites (tertiary alicyclic amines) is 1. The van der Waals surface area contributed by atoms with Crippen LogP contribution in [0, 0.1) is 11.8 Å². The van der Waals surface area contributed by atoms with E-state index in [1.807, 2.05) is 23.6 Å². The molecule has 0 unspecified atom stereocenters. The molecule has 0 bridgehead atoms. The molecule has 1 saturated heterocycles. The lowest BCUT2D eigenvalue weighted by Gasteiger charge is -2.37. The SMILES string of the molecule is CC(C)N(CCS(C)(=O)=O)CC(=O)N1C[C@@H](C)C[C@H](C)C1. The molecular formula is C15H30N2O3S. The fourth-order valence-corrected chi connectivity index (χ4v) is 3.51. The Bertz CT molecular complexity index is 438. The Morgan fingerprint density at radius 1 is 1.24 bits per heavy atom. The number of carbonyl (C=O) groups excluding carboxylic acids is 1. The Morgan fingerprint density at radius 2 is 1.76 bits per heavy atom. The highest BCUT2D eigenvalue weighted by Gasteiger charge is 2.27. The van der Waals surface area contributed by atoms with Crippen LogP contribution in [0.5, 0.6) is 0 Å². The summed E-state index contributed by atoms with van der Waals surface area (Å²) in [5.41, 5.74) is 0. The number of rotatable bonds is 6. The van der Waals surface area contributed by atoms with Crippen LogP contribution < -0.4 is 0 Å². The summed E-state index contributed by atoms with van der Waals surface area (Å²) in [6.45, 7) is 10.7. The van der Waals surface area contributed by atoms with Gasteiger partial charge in [0, 0.05) is 31.9 Å². The molecule has 0 aromatic carbocycles. The van der Waals surface area contributed by atoms with Crippen LogP contribution in [0.3, 0.4) is 0 Å². The molecule has 1 amide bonds. The van der Waals surface area contributed by atoms with Crippen LogP contribution in [0.2, 0.25) is 0 Å². The number of nitrogens with zero attached hydrogens (tertiary/aromatic N) is 2. The normalized spacial score (nSPS) is 23.9. The minimum atomic E-state index is -3.00. The molecule has 1 aliphatic rings. The van der Waals surface area contributed by atoms with Gasteiger partial charge in [-0.15, -0.1) is 0 Å². The number of hydrogen-bond donors (Lipinski definition) is 0. The molecule has 0 aromatic heterocycles. The second-order valence-corrected chi connectivity index (χ2v) is 9.20. The summed E-state index contributed by atoms with van der Waals surface area (Å²) in [5.74, 6) is 1.31. The fourth-order valence-electron chi connectivity index (χ4n) is 2.94. The summed E-state index contributed by atoms with van der Waals surface area (Å²) < 4.78 is 22.6. The van der Waals surface area contributed by atoms with Gasteiger partial charge in [0.15, 0.2) is 0 Å². The Kier molecular flexibility index (Phi) is 6.66. The highest BCUT2D eigenvalue weighted by molar-refractivity contribution is 7.90. The van der Waals surface area contributed by atoms with Crippen molar-refractivity contribution in [1.29, 1.82) is 0 Å². The third-order valence-electron chi connectivity index (χ3n) is 4.04. The fraction of sp³-hybridized carbons (Fsp3) is 0.933. The standard InChI is InChI=1S/C15H30N2O3S/c1-12(2)16(6-7-21(5,19)20)11-15(18)17-9-13(3)8-14(4)10-17/h12-14H,6-11H2,1-5H3/t13-,14-/m0/s1. The molecule has 1 fully saturated rings. The topological polar surface area (TPSA) is 57.7 Å². The second kappa shape index (κ2) is 7.58. The van der Waals surface area contributed by atoms with Gasteiger partial charge in [-0.25, -0.2) is 8.42 Å². The molecule has 21 heavy (non-hydrogen) atoms. The molecule has 0 radical (unpaired) electrons. The van der Waals surface area contributed by atoms with Crippen LogP contribution in [-0.2, 0) is 14.6 Å². The van der Waals surface area contributed by atoms with Crippen molar-refractivity contribution in [2.24, 2.45) is 11.8 Å². The molecule has 124 valence electrons. The van der Waals surface area contributed by atoms with Crippen molar-refractivity contribution in [3.8, 4) is 0 Å². The first-order valence-electron chi connectivity index (χ1n) is 7.78. The number of amides is 1. The lowest BCUT2D eigenvalue weighted by molar-refractivity contribution is -0.135. The zero-order valence-corrected chi connectivity index (χ0v) is 14.8. The Balaban J connectivity index is 2.59. The summed E-state index contributed by atoms with van der Waals surface area (Å²) in [7, 11) is -3.00. The first kappa shape index (κ1) is 18.4. The maximum absolute atomic E-state index is 12.5. The molecule has 0 aliphatic carbocycles. The maximum atomic E-state index is 12.5. The average molecular weight is 318 g/mol. The van der Waals surface area contributed by atoms with Crippen molar-refractivity contribution >= 4 is 15.7 Å². The van der Waals surface area contributed by atoms with E-state index in [-0.39, 0.29) is 17.7 Å². The van der Waals surface area contributed by atoms with Crippen molar-refractivity contribution in [2.75, 3.05) is 38.2 Å². The van der Waals surface area contributed by atoms with E-state index >= 15 is 0 Å². The third-order valence-corrected chi connectivity index (χ3v) is 4.96. The minimum Gasteiger partial charge on any atom is -0.341 e. The van der Waals surface area contributed by atoms with E-state index in [9.17, 15) is 13.2 Å². The third kappa shape index (κ3) is 6.78. The molecule has 1 heterocycles. The molecule has 0 N–H and O–H groups in total. The van der Waals surface area contributed by atoms with Crippen molar-refractivity contribution in [1.82, 2.24) is 9.80 Å². The van der Waals surface area contributed by atoms with Crippen LogP contribution in [0.4, 0.5) is 0 Å². The Morgan fingerprint density at radius 3 is 2.19 bits per heavy atom. The van der Waals surface area contributed by atoms with Gasteiger partial charge in [-0.05, 0) is 32.1 Å². The van der Waals surface area contributed by atoms with Gasteiger partial charge >= 0.3 is 0 Å². The zero-order valence-electron chi connectivity index (χ0n) is 14.0. The number of sulfone groups is 1. The lowest BCUT2D eigenvalue weighted by atomic mass is 9.92. The molecule has 0 aromatic rings. The molecule has 2 atom stereocenters. The van der Waals surface area contributed by atoms with Crippen molar-refractivity contribution < 1.29 is 13.2 Å². The highest BCUT2D eigenvalue weighted by Crippen LogP contribution is 2.21. The summed E-state index contributed by atoms with van der Waals surface area (Å²) in [4.78, 5) is 16.4. The van der Waals surface area contributed by atoms with Gasteiger partial charge in [0.25, 0.3) is 0 Å². The largest absolute Gasteiger partial charge is 0.341 e. The lowest BCUT2D eigenvalue weighted by Crippen LogP contribution is -2.48. The number of piperidine rings is 1. The van der Waals surface area contributed by atoms with E-state index in [0.717, 1.165) is 13.1 Å². The Labute approximate surface area is 129 Å². The van der Waals surface area contributed by atoms with Crippen LogP contribution in [0.15, 0.2) is 0 Å². The molecule has 6 heteroatoms. The van der Waals surface area contributed by atoms with Gasteiger partial charge in [0.05, 0.1) is 12.3 Å². The van der Waals surface area contributed by atoms with E-state index < -0.39 is 9.84 Å². The maximum Gasteiger partial charge on any atom is 0.236 e. The summed E-state index contributed by atoms with van der Waals surface area (Å²) in [6.07, 6.45) is 2.41. The van der Waals surface area contributed by atoms with Crippen molar-refractivity contribution in [3.05, 3.63) is 0 Å². The van der Waals surface area contributed by atoms with Gasteiger partial charge in [0.1, 0.15) is 9.84 Å². The van der Waals surface area contributed by atoms with Gasteiger partial charge in [0.2, 0.25) is 5.91 Å². The highest BCUT2D eigenvalue weighted by atomic mass is 32.2. The first-order chi connectivity index (χ1) is 9.58. The van der Waals surface area contributed by atoms with Gasteiger partial charge in [-0.3, -0.25) is 9.69 Å². The monoisotopic (exact) mass is 318 g/mol. The van der Waals surface area contributed by atoms with Crippen LogP contribution in [0.25, 0.3) is 0 Å². The zero-order chi connectivity index (χ0) is 16.2. The summed E-state index contributed by atoms with van der Waals surface area (Å²) >= 11 is 0. The van der Waals surface area contributed by atoms with E-state index in [1.54, 1.807) is 0 Å². The number of hydrogen-bond acceptors (Lipinski definition) is 4. The number of carbonyl (C=O) groups is 1. The van der Waals surface area contributed by atoms with Crippen molar-refractivity contribution in [3.63, 3.8) is 0 Å². The van der Waals surface area contributed by atoms with E-state index in [1.165, 1.54) is 12.7 Å². The van der Waals surface area contributed by atoms with Gasteiger partial charge < -0.3 is 4.90 Å². The predicted octanol–water partition coefficient (Wildman–Crippen LogP) is 1.25. The van der Waals surface area contributed by atoms with Gasteiger partial charge in [-0.2, -0.15) is 0 Å². The van der Waals surface area contributed by atoms with Crippen molar-refractivity contribution in [2.45, 2.75) is 40.2 Å². The predicted molar refractivity (Wildman–Crippen MR) is 85.9 cm³/mol. The molecule has 0 saturated carbocycles. The summed E-state index contributed by atoms with van der Waals surface area (Å²) in [5, 5.41) is 0. The van der Waals surface area contributed by atoms with Crippen LogP contribution >= 0.6 is 0 Å². The molecule has 1 aliphatic heterocycles. The second-order valence-electron chi connectivity index (χ2n) is 6.94. The van der Waals surface area contributed by atoms with E-state index in [0.29, 0.717) is 24.9 Å². The smallest absolute Gasteiger partial charge is 0.236 e. The van der Waals surface area contributed by atoms with E-state index in [2.05, 4.69) is 13.8 Å². The van der Waals surface area contributed by atoms with E-state index in [4.69, 9.17) is 0 Å². The van der Waals surface area contributed by atoms with Gasteiger partial charge in [-0.1, -0.05) is 13.8 Å². The summed E-state index contributed by atoms with van der Waals surface area (Å²) in [6, 6.07) is 0.162. The van der Waals surface area contributed by atoms with Crippen LogP contribution in [-0.4, -0.2) is 68.4 Å². The Hall–Kier alpha value is -0.620. The molecule has 5 nitrogen and oxygen atoms in total. The molecule has 1 rings (SSSR count). The molecule has 0 spiro atoms.